The van der Waals surface area contributed by atoms with Gasteiger partial charge in [-0.3, -0.25) is 4.79 Å². The summed E-state index contributed by atoms with van der Waals surface area (Å²) in [6, 6.07) is 6.46. The summed E-state index contributed by atoms with van der Waals surface area (Å²) >= 11 is 0. The second-order valence-corrected chi connectivity index (χ2v) is 5.18. The van der Waals surface area contributed by atoms with E-state index in [1.807, 2.05) is 11.9 Å². The van der Waals surface area contributed by atoms with E-state index in [4.69, 9.17) is 0 Å². The summed E-state index contributed by atoms with van der Waals surface area (Å²) < 4.78 is 13.4. The molecule has 0 aliphatic carbocycles. The van der Waals surface area contributed by atoms with Gasteiger partial charge in [0, 0.05) is 24.7 Å². The van der Waals surface area contributed by atoms with E-state index in [0.717, 1.165) is 32.5 Å². The molecule has 3 nitrogen and oxygen atoms in total. The molecule has 0 bridgehead atoms. The number of amides is 1. The number of hydrogen-bond acceptors (Lipinski definition) is 2. The van der Waals surface area contributed by atoms with Crippen LogP contribution in [0.5, 0.6) is 0 Å². The number of carbonyl (C=O) groups excluding carboxylic acids is 1. The number of nitrogens with zero attached hydrogens (tertiary/aromatic N) is 1. The fourth-order valence-electron chi connectivity index (χ4n) is 2.52. The van der Waals surface area contributed by atoms with Crippen molar-refractivity contribution >= 4 is 24.4 Å². The third-order valence-corrected chi connectivity index (χ3v) is 3.73. The van der Waals surface area contributed by atoms with Crippen LogP contribution in [-0.4, -0.2) is 37.5 Å². The van der Waals surface area contributed by atoms with Gasteiger partial charge in [-0.05, 0) is 44.5 Å². The maximum absolute atomic E-state index is 13.4. The quantitative estimate of drug-likeness (QED) is 0.867. The fourth-order valence-corrected chi connectivity index (χ4v) is 2.52. The van der Waals surface area contributed by atoms with E-state index in [2.05, 4.69) is 5.32 Å². The molecule has 1 saturated heterocycles. The number of halogens is 2. The lowest BCUT2D eigenvalue weighted by Gasteiger charge is -2.31. The Morgan fingerprint density at radius 2 is 2.05 bits per heavy atom. The molecule has 0 saturated carbocycles. The highest BCUT2D eigenvalue weighted by atomic mass is 35.5. The summed E-state index contributed by atoms with van der Waals surface area (Å²) in [6.07, 6.45) is 5.08. The third kappa shape index (κ3) is 5.14. The molecule has 1 aliphatic heterocycles. The highest BCUT2D eigenvalue weighted by molar-refractivity contribution is 5.91. The van der Waals surface area contributed by atoms with Crippen LogP contribution in [0.2, 0.25) is 0 Å². The number of hydrogen-bond donors (Lipinski definition) is 1. The SMILES string of the molecule is CNCC1CCN(C(=O)C=Cc2ccccc2F)CC1.Cl. The minimum Gasteiger partial charge on any atom is -0.339 e. The van der Waals surface area contributed by atoms with Crippen molar-refractivity contribution in [2.24, 2.45) is 5.92 Å². The van der Waals surface area contributed by atoms with Gasteiger partial charge in [-0.25, -0.2) is 4.39 Å². The van der Waals surface area contributed by atoms with Crippen LogP contribution in [0.3, 0.4) is 0 Å². The number of benzene rings is 1. The van der Waals surface area contributed by atoms with Gasteiger partial charge in [0.25, 0.3) is 0 Å². The molecule has 5 heteroatoms. The summed E-state index contributed by atoms with van der Waals surface area (Å²) in [5.74, 6) is 0.319. The predicted octanol–water partition coefficient (Wildman–Crippen LogP) is 2.72. The lowest BCUT2D eigenvalue weighted by molar-refractivity contribution is -0.127. The van der Waals surface area contributed by atoms with Crippen LogP contribution in [0.25, 0.3) is 6.08 Å². The standard InChI is InChI=1S/C16H21FN2O.ClH/c1-18-12-13-8-10-19(11-9-13)16(20)7-6-14-4-2-3-5-15(14)17;/h2-7,13,18H,8-12H2,1H3;1H. The second-order valence-electron chi connectivity index (χ2n) is 5.18. The van der Waals surface area contributed by atoms with Crippen molar-refractivity contribution in [1.82, 2.24) is 10.2 Å². The second kappa shape index (κ2) is 8.80. The Balaban J connectivity index is 0.00000220. The van der Waals surface area contributed by atoms with E-state index in [-0.39, 0.29) is 24.1 Å². The van der Waals surface area contributed by atoms with Gasteiger partial charge < -0.3 is 10.2 Å². The molecule has 0 atom stereocenters. The topological polar surface area (TPSA) is 32.3 Å². The number of carbonyl (C=O) groups is 1. The Labute approximate surface area is 131 Å². The molecule has 0 aromatic heterocycles. The van der Waals surface area contributed by atoms with E-state index in [1.54, 1.807) is 24.3 Å². The van der Waals surface area contributed by atoms with Crippen molar-refractivity contribution in [2.75, 3.05) is 26.7 Å². The molecule has 1 aliphatic rings. The van der Waals surface area contributed by atoms with Crippen LogP contribution in [-0.2, 0) is 4.79 Å². The molecule has 1 aromatic carbocycles. The highest BCUT2D eigenvalue weighted by Crippen LogP contribution is 2.17. The van der Waals surface area contributed by atoms with Gasteiger partial charge in [-0.1, -0.05) is 18.2 Å². The maximum atomic E-state index is 13.4. The molecular weight excluding hydrogens is 291 g/mol. The largest absolute Gasteiger partial charge is 0.339 e. The Morgan fingerprint density at radius 3 is 2.67 bits per heavy atom. The van der Waals surface area contributed by atoms with Crippen LogP contribution in [0.1, 0.15) is 18.4 Å². The molecule has 1 N–H and O–H groups in total. The molecule has 1 aromatic rings. The first kappa shape index (κ1) is 17.7. The zero-order valence-electron chi connectivity index (χ0n) is 12.2. The van der Waals surface area contributed by atoms with E-state index in [9.17, 15) is 9.18 Å². The molecule has 21 heavy (non-hydrogen) atoms. The zero-order chi connectivity index (χ0) is 14.4. The van der Waals surface area contributed by atoms with Gasteiger partial charge in [-0.15, -0.1) is 12.4 Å². The molecule has 1 fully saturated rings. The number of likely N-dealkylation sites (tertiary alicyclic amines) is 1. The van der Waals surface area contributed by atoms with Crippen molar-refractivity contribution < 1.29 is 9.18 Å². The third-order valence-electron chi connectivity index (χ3n) is 3.73. The van der Waals surface area contributed by atoms with E-state index in [1.165, 1.54) is 12.1 Å². The zero-order valence-corrected chi connectivity index (χ0v) is 13.0. The first-order valence-corrected chi connectivity index (χ1v) is 7.07. The van der Waals surface area contributed by atoms with Gasteiger partial charge in [0.1, 0.15) is 5.82 Å². The summed E-state index contributed by atoms with van der Waals surface area (Å²) in [6.45, 7) is 2.58. The molecule has 0 spiro atoms. The summed E-state index contributed by atoms with van der Waals surface area (Å²) in [7, 11) is 1.95. The lowest BCUT2D eigenvalue weighted by atomic mass is 9.97. The highest BCUT2D eigenvalue weighted by Gasteiger charge is 2.20. The minimum absolute atomic E-state index is 0. The van der Waals surface area contributed by atoms with Gasteiger partial charge in [-0.2, -0.15) is 0 Å². The molecule has 0 radical (unpaired) electrons. The van der Waals surface area contributed by atoms with Gasteiger partial charge in [0.15, 0.2) is 0 Å². The van der Waals surface area contributed by atoms with Crippen molar-refractivity contribution in [3.05, 3.63) is 41.7 Å². The van der Waals surface area contributed by atoms with Crippen molar-refractivity contribution in [2.45, 2.75) is 12.8 Å². The monoisotopic (exact) mass is 312 g/mol. The average molecular weight is 313 g/mol. The van der Waals surface area contributed by atoms with Crippen LogP contribution in [0, 0.1) is 11.7 Å². The summed E-state index contributed by atoms with van der Waals surface area (Å²) in [5.41, 5.74) is 0.450. The Kier molecular flexibility index (Phi) is 7.40. The molecule has 0 unspecified atom stereocenters. The smallest absolute Gasteiger partial charge is 0.246 e. The van der Waals surface area contributed by atoms with Crippen LogP contribution < -0.4 is 5.32 Å². The van der Waals surface area contributed by atoms with Gasteiger partial charge in [0.05, 0.1) is 0 Å². The Hall–Kier alpha value is -1.39. The minimum atomic E-state index is -0.302. The first-order chi connectivity index (χ1) is 9.70. The average Bonchev–Trinajstić information content (AvgIpc) is 2.47. The molecular formula is C16H22ClFN2O. The van der Waals surface area contributed by atoms with Crippen LogP contribution in [0.15, 0.2) is 30.3 Å². The van der Waals surface area contributed by atoms with Crippen LogP contribution in [0.4, 0.5) is 4.39 Å². The van der Waals surface area contributed by atoms with E-state index in [0.29, 0.717) is 11.5 Å². The van der Waals surface area contributed by atoms with Crippen molar-refractivity contribution in [1.29, 1.82) is 0 Å². The number of rotatable bonds is 4. The number of piperidine rings is 1. The first-order valence-electron chi connectivity index (χ1n) is 7.07. The van der Waals surface area contributed by atoms with E-state index >= 15 is 0 Å². The maximum Gasteiger partial charge on any atom is 0.246 e. The summed E-state index contributed by atoms with van der Waals surface area (Å²) in [4.78, 5) is 13.9. The van der Waals surface area contributed by atoms with E-state index < -0.39 is 0 Å². The van der Waals surface area contributed by atoms with Crippen molar-refractivity contribution in [3.63, 3.8) is 0 Å². The van der Waals surface area contributed by atoms with Crippen molar-refractivity contribution in [3.8, 4) is 0 Å². The fraction of sp³-hybridized carbons (Fsp3) is 0.438. The summed E-state index contributed by atoms with van der Waals surface area (Å²) in [5, 5.41) is 3.18. The Morgan fingerprint density at radius 1 is 1.38 bits per heavy atom. The lowest BCUT2D eigenvalue weighted by Crippen LogP contribution is -2.39. The molecule has 1 amide bonds. The molecule has 2 rings (SSSR count). The predicted molar refractivity (Wildman–Crippen MR) is 85.9 cm³/mol. The Bertz CT molecular complexity index is 485. The molecule has 116 valence electrons. The normalized spacial score (nSPS) is 16.0. The number of nitrogens with one attached hydrogen (secondary N) is 1. The van der Waals surface area contributed by atoms with Gasteiger partial charge in [0.2, 0.25) is 5.91 Å². The molecule has 1 heterocycles. The van der Waals surface area contributed by atoms with Gasteiger partial charge >= 0.3 is 0 Å². The van der Waals surface area contributed by atoms with Crippen LogP contribution >= 0.6 is 12.4 Å².